The average molecular weight is 1450 g/mol. The molecule has 32 heteroatoms. The lowest BCUT2D eigenvalue weighted by Crippen LogP contribution is -2.40. The maximum atomic E-state index is 15.9. The molecule has 2 aliphatic rings. The molecule has 10 rings (SSSR count). The normalized spacial score (nSPS) is 16.1. The first-order chi connectivity index (χ1) is 45.5. The smallest absolute Gasteiger partial charge is 0.460 e. The lowest BCUT2D eigenvalue weighted by atomic mass is 9.77. The number of rotatable bonds is 20. The van der Waals surface area contributed by atoms with Gasteiger partial charge in [-0.2, -0.15) is 36.5 Å². The van der Waals surface area contributed by atoms with Gasteiger partial charge >= 0.3 is 20.0 Å². The second-order valence-corrected chi connectivity index (χ2v) is 31.9. The molecule has 0 saturated heterocycles. The van der Waals surface area contributed by atoms with Gasteiger partial charge < -0.3 is 14.6 Å². The van der Waals surface area contributed by atoms with Gasteiger partial charge in [0.25, 0.3) is 17.9 Å². The van der Waals surface area contributed by atoms with E-state index >= 15 is 27.2 Å². The molecule has 20 nitrogen and oxygen atoms in total. The number of nitrogens with one attached hydrogen (secondary N) is 1. The molecule has 2 amide bonds. The maximum absolute atomic E-state index is 15.9. The number of hydrogen-bond acceptors (Lipinski definition) is 15. The number of phosphoric acid groups is 1. The van der Waals surface area contributed by atoms with Gasteiger partial charge in [0.1, 0.15) is 52.4 Å². The van der Waals surface area contributed by atoms with E-state index in [0.29, 0.717) is 26.9 Å². The van der Waals surface area contributed by atoms with Crippen LogP contribution < -0.4 is 19.7 Å². The lowest BCUT2D eigenvalue weighted by molar-refractivity contribution is -0.154. The molecule has 0 bridgehead atoms. The van der Waals surface area contributed by atoms with Crippen LogP contribution in [0.2, 0.25) is 5.02 Å². The van der Waals surface area contributed by atoms with Crippen LogP contribution in [-0.2, 0) is 86.7 Å². The van der Waals surface area contributed by atoms with Crippen molar-refractivity contribution in [2.75, 3.05) is 10.6 Å². The highest BCUT2D eigenvalue weighted by atomic mass is 35.5. The third-order valence-corrected chi connectivity index (χ3v) is 19.2. The number of aryl methyl sites for hydroxylation is 2. The van der Waals surface area contributed by atoms with Gasteiger partial charge in [0.15, 0.2) is 5.82 Å². The summed E-state index contributed by atoms with van der Waals surface area (Å²) in [4.78, 5) is 68.3. The van der Waals surface area contributed by atoms with E-state index in [1.165, 1.54) is 63.4 Å². The molecule has 1 fully saturated rings. The molecule has 1 N–H and O–H groups in total. The molecule has 4 aromatic carbocycles. The van der Waals surface area contributed by atoms with E-state index in [1.807, 2.05) is 0 Å². The van der Waals surface area contributed by atoms with Gasteiger partial charge in [0, 0.05) is 54.0 Å². The molecule has 0 unspecified atom stereocenters. The predicted molar refractivity (Wildman–Crippen MR) is 348 cm³/mol. The Morgan fingerprint density at radius 3 is 2.10 bits per heavy atom. The largest absolute Gasteiger partial charge is 0.531 e. The number of ether oxygens (including phenoxy) is 1. The molecule has 530 valence electrons. The van der Waals surface area contributed by atoms with Gasteiger partial charge in [-0.3, -0.25) is 42.2 Å². The number of halogens is 10. The van der Waals surface area contributed by atoms with Crippen molar-refractivity contribution in [3.63, 3.8) is 0 Å². The molecule has 8 aromatic rings. The number of anilines is 1. The molecule has 0 radical (unpaired) electrons. The monoisotopic (exact) mass is 1450 g/mol. The molecule has 4 aromatic heterocycles. The van der Waals surface area contributed by atoms with Crippen LogP contribution in [-0.4, -0.2) is 83.4 Å². The highest BCUT2D eigenvalue weighted by molar-refractivity contribution is 7.92. The Labute approximate surface area is 567 Å². The van der Waals surface area contributed by atoms with E-state index in [2.05, 4.69) is 20.5 Å². The second kappa shape index (κ2) is 25.8. The van der Waals surface area contributed by atoms with Crippen LogP contribution >= 0.6 is 19.4 Å². The van der Waals surface area contributed by atoms with E-state index in [9.17, 15) is 44.5 Å². The summed E-state index contributed by atoms with van der Waals surface area (Å²) in [6.07, 6.45) is -9.64. The van der Waals surface area contributed by atoms with Crippen LogP contribution in [0, 0.1) is 24.5 Å². The van der Waals surface area contributed by atoms with E-state index in [1.54, 1.807) is 75.3 Å². The number of carbonyl (C=O) groups excluding carboxylic acids is 3. The summed E-state index contributed by atoms with van der Waals surface area (Å²) >= 11 is 7.08. The summed E-state index contributed by atoms with van der Waals surface area (Å²) in [7, 11) is -8.27. The summed E-state index contributed by atoms with van der Waals surface area (Å²) in [6, 6.07) is 12.5. The summed E-state index contributed by atoms with van der Waals surface area (Å²) < 4.78 is 204. The minimum atomic E-state index is -4.91. The first-order valence-corrected chi connectivity index (χ1v) is 34.6. The number of amides is 2. The zero-order valence-electron chi connectivity index (χ0n) is 56.1. The summed E-state index contributed by atoms with van der Waals surface area (Å²) in [5.41, 5.74) is -10.2. The zero-order chi connectivity index (χ0) is 73.1. The standard InChI is InChI=1S/C67H70ClF9N9O11PS/c1-33-22-36(28-51(89)94-62(2,3)4)54(47(23-33)95-98(91,96-63(5,6)7)97-64(8,9)10)65(11,12)31-50(88)86(99(14,92)93)60-53-42(68)20-21-46(56(53)83(13)82-60)85-59(80-44-27-35(18-19-39(44)61(85)90)43-16-15-17-48(78-43)67(75,76)77)45(26-34-24-37(69)29-38(70)25-34)79-49(87)32-84-57-52(55(81-84)58(71)72)40-30-41(40)66(57,73)74/h15-25,27,29,40-41,45,58H,26,28,30-32H2,1-14H3,(H,79,87)/t40-,41+,45-/m0/s1. The second-order valence-electron chi connectivity index (χ2n) is 28.3. The summed E-state index contributed by atoms with van der Waals surface area (Å²) in [5, 5.41) is 9.94. The number of hydrogen-bond donors (Lipinski definition) is 1. The topological polar surface area (TPSA) is 238 Å². The van der Waals surface area contributed by atoms with E-state index in [-0.39, 0.29) is 72.6 Å². The fourth-order valence-corrected chi connectivity index (χ4v) is 15.5. The first kappa shape index (κ1) is 73.5. The van der Waals surface area contributed by atoms with Gasteiger partial charge in [-0.15, -0.1) is 0 Å². The number of nitrogens with zero attached hydrogens (tertiary/aromatic N) is 8. The van der Waals surface area contributed by atoms with Crippen LogP contribution in [0.5, 0.6) is 5.75 Å². The quantitative estimate of drug-likeness (QED) is 0.0424. The Hall–Kier alpha value is -8.18. The summed E-state index contributed by atoms with van der Waals surface area (Å²) in [6.45, 7) is 18.1. The Morgan fingerprint density at radius 2 is 1.51 bits per heavy atom. The van der Waals surface area contributed by atoms with Crippen molar-refractivity contribution >= 4 is 74.9 Å². The van der Waals surface area contributed by atoms with Crippen molar-refractivity contribution in [2.24, 2.45) is 13.0 Å². The highest BCUT2D eigenvalue weighted by Gasteiger charge is 2.67. The van der Waals surface area contributed by atoms with Crippen molar-refractivity contribution in [3.8, 4) is 22.7 Å². The van der Waals surface area contributed by atoms with Crippen LogP contribution in [0.25, 0.3) is 38.8 Å². The number of carbonyl (C=O) groups is 3. The van der Waals surface area contributed by atoms with E-state index in [4.69, 9.17) is 34.9 Å². The van der Waals surface area contributed by atoms with Gasteiger partial charge in [-0.1, -0.05) is 43.6 Å². The van der Waals surface area contributed by atoms with Crippen molar-refractivity contribution in [1.82, 2.24) is 39.4 Å². The third kappa shape index (κ3) is 15.6. The predicted octanol–water partition coefficient (Wildman–Crippen LogP) is 14.7. The van der Waals surface area contributed by atoms with Crippen molar-refractivity contribution in [1.29, 1.82) is 0 Å². The number of pyridine rings is 1. The average Bonchev–Trinajstić information content (AvgIpc) is 1.52. The first-order valence-electron chi connectivity index (χ1n) is 30.9. The molecular formula is C67H70ClF9N9O11PS. The molecule has 2 aliphatic carbocycles. The Morgan fingerprint density at radius 1 is 0.859 bits per heavy atom. The van der Waals surface area contributed by atoms with Crippen LogP contribution in [0.4, 0.5) is 45.3 Å². The fraction of sp³-hybridized carbons (Fsp3) is 0.433. The van der Waals surface area contributed by atoms with Gasteiger partial charge in [-0.05, 0) is 153 Å². The number of fused-ring (bicyclic) bond motifs is 5. The van der Waals surface area contributed by atoms with Crippen LogP contribution in [0.15, 0.2) is 83.7 Å². The Bertz CT molecular complexity index is 4810. The number of sulfonamides is 1. The van der Waals surface area contributed by atoms with Crippen molar-refractivity contribution < 1.29 is 85.2 Å². The number of phosphoric ester groups is 1. The third-order valence-electron chi connectivity index (χ3n) is 15.9. The highest BCUT2D eigenvalue weighted by Crippen LogP contribution is 2.68. The Balaban J connectivity index is 1.16. The molecule has 1 saturated carbocycles. The molecular weight excluding hydrogens is 1380 g/mol. The zero-order valence-corrected chi connectivity index (χ0v) is 58.5. The molecule has 0 aliphatic heterocycles. The number of alkyl halides is 7. The van der Waals surface area contributed by atoms with Crippen LogP contribution in [0.3, 0.4) is 0 Å². The Kier molecular flexibility index (Phi) is 19.1. The number of esters is 1. The molecule has 99 heavy (non-hydrogen) atoms. The number of aromatic nitrogens is 7. The maximum Gasteiger partial charge on any atom is 0.531 e. The fourth-order valence-electron chi connectivity index (χ4n) is 12.6. The van der Waals surface area contributed by atoms with Crippen LogP contribution in [0.1, 0.15) is 158 Å². The minimum Gasteiger partial charge on any atom is -0.460 e. The SMILES string of the molecule is Cc1cc(CC(=O)OC(C)(C)C)c(C(C)(C)CC(=O)N(c2nn(C)c3c(-n4c([C@H](Cc5cc(F)cc(F)c5)NC(=O)Cn5nc(C(F)F)c6c5C(F)(F)[C@@H]5C[C@H]65)nc5cc(-c6cccc(C(F)(F)F)n6)ccc5c4=O)ccc(Cl)c23)S(C)(=O)=O)c(OP(=O)(OC(C)(C)C)OC(C)(C)C)c1. The minimum absolute atomic E-state index is 0.0355. The molecule has 4 heterocycles. The van der Waals surface area contributed by atoms with Crippen molar-refractivity contribution in [2.45, 2.75) is 168 Å². The van der Waals surface area contributed by atoms with Gasteiger partial charge in [-0.25, -0.2) is 40.5 Å². The van der Waals surface area contributed by atoms with E-state index in [0.717, 1.165) is 33.5 Å². The van der Waals surface area contributed by atoms with E-state index < -0.39 is 172 Å². The molecule has 3 atom stereocenters. The van der Waals surface area contributed by atoms with Gasteiger partial charge in [0.05, 0.1) is 68.1 Å². The lowest BCUT2D eigenvalue weighted by Gasteiger charge is -2.34. The van der Waals surface area contributed by atoms with Gasteiger partial charge in [0.2, 0.25) is 21.8 Å². The summed E-state index contributed by atoms with van der Waals surface area (Å²) in [5.74, 6) is -12.9. The molecule has 0 spiro atoms. The number of benzene rings is 4. The van der Waals surface area contributed by atoms with Crippen molar-refractivity contribution in [3.05, 3.63) is 157 Å².